The van der Waals surface area contributed by atoms with Crippen LogP contribution in [0.4, 0.5) is 0 Å². The smallest absolute Gasteiger partial charge is 0.247 e. The number of nitrogens with zero attached hydrogens (tertiary/aromatic N) is 1. The van der Waals surface area contributed by atoms with Gasteiger partial charge in [-0.25, -0.2) is 0 Å². The van der Waals surface area contributed by atoms with Crippen LogP contribution in [0, 0.1) is 3.57 Å². The van der Waals surface area contributed by atoms with Crippen molar-refractivity contribution < 1.29 is 39.1 Å². The lowest BCUT2D eigenvalue weighted by molar-refractivity contribution is -0.143. The van der Waals surface area contributed by atoms with E-state index in [2.05, 4.69) is 27.9 Å². The summed E-state index contributed by atoms with van der Waals surface area (Å²) >= 11 is 2.07. The van der Waals surface area contributed by atoms with Gasteiger partial charge in [0.15, 0.2) is 11.5 Å². The molecule has 2 amide bonds. The van der Waals surface area contributed by atoms with E-state index in [1.807, 2.05) is 0 Å². The van der Waals surface area contributed by atoms with Gasteiger partial charge in [0, 0.05) is 31.7 Å². The van der Waals surface area contributed by atoms with Crippen molar-refractivity contribution in [2.45, 2.75) is 69.4 Å². The van der Waals surface area contributed by atoms with E-state index in [-0.39, 0.29) is 57.1 Å². The normalized spacial score (nSPS) is 21.9. The van der Waals surface area contributed by atoms with E-state index in [9.17, 15) is 24.9 Å². The lowest BCUT2D eigenvalue weighted by atomic mass is 9.87. The maximum atomic E-state index is 13.4. The number of halogens is 1. The number of carbonyl (C=O) groups excluding carboxylic acids is 2. The molecule has 37 heavy (non-hydrogen) atoms. The molecule has 1 fully saturated rings. The first-order valence-electron chi connectivity index (χ1n) is 12.6. The third-order valence-corrected chi connectivity index (χ3v) is 7.62. The average molecular weight is 632 g/mol. The maximum absolute atomic E-state index is 13.4. The predicted octanol–water partition coefficient (Wildman–Crippen LogP) is 1.52. The highest BCUT2D eigenvalue weighted by Gasteiger charge is 2.43. The summed E-state index contributed by atoms with van der Waals surface area (Å²) in [5.74, 6) is 0.240. The molecule has 11 heteroatoms. The molecule has 1 aromatic carbocycles. The largest absolute Gasteiger partial charge is 0.493 e. The quantitative estimate of drug-likeness (QED) is 0.255. The summed E-state index contributed by atoms with van der Waals surface area (Å²) in [7, 11) is 3.02. The fourth-order valence-corrected chi connectivity index (χ4v) is 5.82. The van der Waals surface area contributed by atoms with E-state index in [1.165, 1.54) is 14.2 Å². The Bertz CT molecular complexity index is 966. The van der Waals surface area contributed by atoms with E-state index >= 15 is 0 Å². The van der Waals surface area contributed by atoms with Gasteiger partial charge in [0.1, 0.15) is 12.2 Å². The second-order valence-electron chi connectivity index (χ2n) is 9.27. The molecule has 0 spiro atoms. The molecule has 0 radical (unpaired) electrons. The number of aliphatic hydroxyl groups excluding tert-OH is 3. The van der Waals surface area contributed by atoms with Crippen molar-refractivity contribution in [1.82, 2.24) is 10.2 Å². The number of aliphatic hydroxyl groups is 3. The SMILES string of the molecule is COCCC(=O)N(C1CCCC1)C1CC(C(=O)NCCO)=CC(Oc2c(I)cc(CO)cc2OC)C1O. The van der Waals surface area contributed by atoms with Crippen LogP contribution >= 0.6 is 22.6 Å². The zero-order valence-electron chi connectivity index (χ0n) is 21.3. The van der Waals surface area contributed by atoms with Crippen LogP contribution in [0.3, 0.4) is 0 Å². The van der Waals surface area contributed by atoms with Crippen LogP contribution in [0.5, 0.6) is 11.5 Å². The molecule has 2 aliphatic rings. The fraction of sp³-hybridized carbons (Fsp3) is 0.615. The minimum absolute atomic E-state index is 0.0389. The number of carbonyl (C=O) groups is 2. The molecule has 4 N–H and O–H groups in total. The Hall–Kier alpha value is -1.93. The molecule has 2 aliphatic carbocycles. The molecule has 0 aromatic heterocycles. The van der Waals surface area contributed by atoms with E-state index in [0.717, 1.165) is 25.7 Å². The van der Waals surface area contributed by atoms with Gasteiger partial charge in [-0.2, -0.15) is 0 Å². The number of amides is 2. The fourth-order valence-electron chi connectivity index (χ4n) is 5.02. The zero-order valence-corrected chi connectivity index (χ0v) is 23.5. The van der Waals surface area contributed by atoms with Gasteiger partial charge in [-0.15, -0.1) is 0 Å². The zero-order chi connectivity index (χ0) is 26.9. The van der Waals surface area contributed by atoms with Gasteiger partial charge in [0.2, 0.25) is 11.8 Å². The monoisotopic (exact) mass is 632 g/mol. The standard InChI is InChI=1S/C26H37IN2O8/c1-35-10-7-23(32)29(18-5-3-4-6-18)20-13-17(26(34)28-8-9-30)14-21(24(20)33)37-25-19(27)11-16(15-31)12-22(25)36-2/h11-12,14,18,20-21,24,30-31,33H,3-10,13,15H2,1-2H3,(H,28,34). The lowest BCUT2D eigenvalue weighted by Crippen LogP contribution is -2.57. The van der Waals surface area contributed by atoms with Crippen molar-refractivity contribution in [2.24, 2.45) is 0 Å². The third kappa shape index (κ3) is 7.34. The van der Waals surface area contributed by atoms with Gasteiger partial charge in [0.25, 0.3) is 0 Å². The molecule has 3 unspecified atom stereocenters. The number of hydrogen-bond acceptors (Lipinski definition) is 8. The molecule has 206 valence electrons. The highest BCUT2D eigenvalue weighted by molar-refractivity contribution is 14.1. The van der Waals surface area contributed by atoms with Gasteiger partial charge in [-0.1, -0.05) is 12.8 Å². The van der Waals surface area contributed by atoms with E-state index in [0.29, 0.717) is 26.2 Å². The van der Waals surface area contributed by atoms with E-state index in [4.69, 9.17) is 14.2 Å². The van der Waals surface area contributed by atoms with Crippen LogP contribution in [0.25, 0.3) is 0 Å². The van der Waals surface area contributed by atoms with Crippen LogP contribution in [0.15, 0.2) is 23.8 Å². The Kier molecular flexibility index (Phi) is 11.4. The molecule has 10 nitrogen and oxygen atoms in total. The number of rotatable bonds is 12. The van der Waals surface area contributed by atoms with Crippen molar-refractivity contribution in [1.29, 1.82) is 0 Å². The summed E-state index contributed by atoms with van der Waals surface area (Å²) in [6, 6.07) is 2.69. The Morgan fingerprint density at radius 3 is 2.54 bits per heavy atom. The van der Waals surface area contributed by atoms with Crippen molar-refractivity contribution in [3.8, 4) is 11.5 Å². The summed E-state index contributed by atoms with van der Waals surface area (Å²) in [5, 5.41) is 33.0. The number of hydrogen-bond donors (Lipinski definition) is 4. The molecule has 0 aliphatic heterocycles. The first kappa shape index (κ1) is 29.6. The van der Waals surface area contributed by atoms with Crippen LogP contribution < -0.4 is 14.8 Å². The Balaban J connectivity index is 2.00. The average Bonchev–Trinajstić information content (AvgIpc) is 3.43. The summed E-state index contributed by atoms with van der Waals surface area (Å²) in [6.07, 6.45) is 3.50. The van der Waals surface area contributed by atoms with Crippen LogP contribution in [0.2, 0.25) is 0 Å². The molecule has 0 saturated heterocycles. The number of methoxy groups -OCH3 is 2. The van der Waals surface area contributed by atoms with Crippen LogP contribution in [-0.4, -0.2) is 90.3 Å². The van der Waals surface area contributed by atoms with Crippen molar-refractivity contribution in [2.75, 3.05) is 34.0 Å². The molecule has 1 aromatic rings. The predicted molar refractivity (Wildman–Crippen MR) is 144 cm³/mol. The van der Waals surface area contributed by atoms with Gasteiger partial charge in [-0.3, -0.25) is 9.59 Å². The lowest BCUT2D eigenvalue weighted by Gasteiger charge is -2.43. The highest BCUT2D eigenvalue weighted by atomic mass is 127. The van der Waals surface area contributed by atoms with Crippen molar-refractivity contribution in [3.05, 3.63) is 32.9 Å². The highest BCUT2D eigenvalue weighted by Crippen LogP contribution is 2.38. The Labute approximate surface area is 231 Å². The number of ether oxygens (including phenoxy) is 3. The van der Waals surface area contributed by atoms with Gasteiger partial charge in [0.05, 0.1) is 43.0 Å². The number of benzene rings is 1. The minimum Gasteiger partial charge on any atom is -0.493 e. The van der Waals surface area contributed by atoms with Crippen molar-refractivity contribution >= 4 is 34.4 Å². The molecular formula is C26H37IN2O8. The van der Waals surface area contributed by atoms with Crippen LogP contribution in [0.1, 0.15) is 44.1 Å². The van der Waals surface area contributed by atoms with Crippen LogP contribution in [-0.2, 0) is 20.9 Å². The van der Waals surface area contributed by atoms with Gasteiger partial charge in [-0.05, 0) is 59.2 Å². The van der Waals surface area contributed by atoms with E-state index in [1.54, 1.807) is 23.1 Å². The molecule has 3 rings (SSSR count). The summed E-state index contributed by atoms with van der Waals surface area (Å²) in [5.41, 5.74) is 1.02. The molecule has 3 atom stereocenters. The second-order valence-corrected chi connectivity index (χ2v) is 10.4. The third-order valence-electron chi connectivity index (χ3n) is 6.82. The van der Waals surface area contributed by atoms with Gasteiger partial charge >= 0.3 is 0 Å². The van der Waals surface area contributed by atoms with Crippen molar-refractivity contribution in [3.63, 3.8) is 0 Å². The Morgan fingerprint density at radius 1 is 1.19 bits per heavy atom. The summed E-state index contributed by atoms with van der Waals surface area (Å²) in [6.45, 7) is -0.0312. The Morgan fingerprint density at radius 2 is 1.92 bits per heavy atom. The molecule has 0 heterocycles. The number of nitrogens with one attached hydrogen (secondary N) is 1. The molecular weight excluding hydrogens is 595 g/mol. The molecule has 0 bridgehead atoms. The second kappa shape index (κ2) is 14.3. The van der Waals surface area contributed by atoms with Gasteiger partial charge < -0.3 is 39.7 Å². The summed E-state index contributed by atoms with van der Waals surface area (Å²) in [4.78, 5) is 28.1. The first-order valence-corrected chi connectivity index (χ1v) is 13.6. The topological polar surface area (TPSA) is 138 Å². The summed E-state index contributed by atoms with van der Waals surface area (Å²) < 4.78 is 17.6. The first-order chi connectivity index (χ1) is 17.8. The molecule has 1 saturated carbocycles. The minimum atomic E-state index is -1.11. The van der Waals surface area contributed by atoms with E-state index < -0.39 is 18.2 Å². The maximum Gasteiger partial charge on any atom is 0.247 e.